The molecule has 3 atom stereocenters. The molecule has 0 aliphatic carbocycles. The molecule has 1 aliphatic rings. The summed E-state index contributed by atoms with van der Waals surface area (Å²) in [6.45, 7) is 6.30. The SMILES string of the molecule is Cc1ccc(COCC2COC(CN[C@@H](C)c3ccc(F)cc3)O2)cc1. The lowest BCUT2D eigenvalue weighted by molar-refractivity contribution is -0.0709. The highest BCUT2D eigenvalue weighted by atomic mass is 19.1. The monoisotopic (exact) mass is 359 g/mol. The van der Waals surface area contributed by atoms with Crippen molar-refractivity contribution >= 4 is 0 Å². The van der Waals surface area contributed by atoms with Gasteiger partial charge in [-0.15, -0.1) is 0 Å². The first-order valence-corrected chi connectivity index (χ1v) is 8.99. The van der Waals surface area contributed by atoms with Gasteiger partial charge in [0.15, 0.2) is 6.29 Å². The normalized spacial score (nSPS) is 21.0. The summed E-state index contributed by atoms with van der Waals surface area (Å²) in [5.74, 6) is -0.225. The lowest BCUT2D eigenvalue weighted by atomic mass is 10.1. The smallest absolute Gasteiger partial charge is 0.170 e. The van der Waals surface area contributed by atoms with Gasteiger partial charge < -0.3 is 19.5 Å². The molecule has 0 aromatic heterocycles. The molecule has 0 radical (unpaired) electrons. The van der Waals surface area contributed by atoms with E-state index >= 15 is 0 Å². The second kappa shape index (κ2) is 9.24. The van der Waals surface area contributed by atoms with Crippen molar-refractivity contribution in [3.63, 3.8) is 0 Å². The summed E-state index contributed by atoms with van der Waals surface area (Å²) in [5.41, 5.74) is 3.43. The molecule has 5 heteroatoms. The molecular formula is C21H26FNO3. The molecule has 0 spiro atoms. The zero-order valence-corrected chi connectivity index (χ0v) is 15.3. The van der Waals surface area contributed by atoms with Gasteiger partial charge in [-0.1, -0.05) is 42.0 Å². The van der Waals surface area contributed by atoms with E-state index in [1.165, 1.54) is 17.7 Å². The van der Waals surface area contributed by atoms with Crippen LogP contribution in [-0.2, 0) is 20.8 Å². The number of hydrogen-bond donors (Lipinski definition) is 1. The summed E-state index contributed by atoms with van der Waals surface area (Å²) < 4.78 is 30.2. The third-order valence-electron chi connectivity index (χ3n) is 4.47. The van der Waals surface area contributed by atoms with E-state index < -0.39 is 0 Å². The first-order valence-electron chi connectivity index (χ1n) is 8.99. The van der Waals surface area contributed by atoms with E-state index in [2.05, 4.69) is 36.5 Å². The predicted octanol–water partition coefficient (Wildman–Crippen LogP) is 3.74. The topological polar surface area (TPSA) is 39.7 Å². The van der Waals surface area contributed by atoms with Gasteiger partial charge in [0.05, 0.1) is 19.8 Å². The quantitative estimate of drug-likeness (QED) is 0.779. The lowest BCUT2D eigenvalue weighted by Crippen LogP contribution is -2.30. The van der Waals surface area contributed by atoms with Gasteiger partial charge in [0.25, 0.3) is 0 Å². The molecule has 1 heterocycles. The van der Waals surface area contributed by atoms with Crippen molar-refractivity contribution in [1.82, 2.24) is 5.32 Å². The number of ether oxygens (including phenoxy) is 3. The lowest BCUT2D eigenvalue weighted by Gasteiger charge is -2.17. The molecule has 1 saturated heterocycles. The zero-order valence-electron chi connectivity index (χ0n) is 15.3. The standard InChI is InChI=1S/C21H26FNO3/c1-15-3-5-17(6-4-15)12-24-13-20-14-25-21(26-20)11-23-16(2)18-7-9-19(22)10-8-18/h3-10,16,20-21,23H,11-14H2,1-2H3/t16-,20?,21?/m0/s1. The third kappa shape index (κ3) is 5.61. The Bertz CT molecular complexity index is 675. The van der Waals surface area contributed by atoms with E-state index in [4.69, 9.17) is 14.2 Å². The number of nitrogens with one attached hydrogen (secondary N) is 1. The second-order valence-electron chi connectivity index (χ2n) is 6.70. The van der Waals surface area contributed by atoms with E-state index in [0.717, 1.165) is 11.1 Å². The Labute approximate surface area is 154 Å². The fraction of sp³-hybridized carbons (Fsp3) is 0.429. The Morgan fingerprint density at radius 1 is 1.15 bits per heavy atom. The summed E-state index contributed by atoms with van der Waals surface area (Å²) in [5, 5.41) is 3.35. The van der Waals surface area contributed by atoms with Gasteiger partial charge in [-0.2, -0.15) is 0 Å². The Hall–Kier alpha value is -1.79. The minimum absolute atomic E-state index is 0.0478. The van der Waals surface area contributed by atoms with Crippen LogP contribution in [0.1, 0.15) is 29.7 Å². The number of rotatable bonds is 8. The Balaban J connectivity index is 1.34. The second-order valence-corrected chi connectivity index (χ2v) is 6.70. The summed E-state index contributed by atoms with van der Waals surface area (Å²) in [6, 6.07) is 14.9. The fourth-order valence-corrected chi connectivity index (χ4v) is 2.84. The van der Waals surface area contributed by atoms with Crippen molar-refractivity contribution in [2.75, 3.05) is 19.8 Å². The molecule has 2 aromatic rings. The van der Waals surface area contributed by atoms with Crippen molar-refractivity contribution < 1.29 is 18.6 Å². The minimum Gasteiger partial charge on any atom is -0.374 e. The number of aryl methyl sites for hydroxylation is 1. The van der Waals surface area contributed by atoms with Crippen molar-refractivity contribution in [2.24, 2.45) is 0 Å². The van der Waals surface area contributed by atoms with Gasteiger partial charge in [-0.3, -0.25) is 0 Å². The molecule has 0 saturated carbocycles. The van der Waals surface area contributed by atoms with Gasteiger partial charge in [-0.05, 0) is 37.1 Å². The Morgan fingerprint density at radius 2 is 1.88 bits per heavy atom. The van der Waals surface area contributed by atoms with Crippen LogP contribution in [0.2, 0.25) is 0 Å². The van der Waals surface area contributed by atoms with Crippen molar-refractivity contribution in [3.8, 4) is 0 Å². The predicted molar refractivity (Wildman–Crippen MR) is 98.3 cm³/mol. The van der Waals surface area contributed by atoms with Gasteiger partial charge >= 0.3 is 0 Å². The van der Waals surface area contributed by atoms with E-state index in [1.807, 2.05) is 6.92 Å². The first-order chi connectivity index (χ1) is 12.6. The summed E-state index contributed by atoms with van der Waals surface area (Å²) >= 11 is 0. The Morgan fingerprint density at radius 3 is 2.62 bits per heavy atom. The van der Waals surface area contributed by atoms with Crippen LogP contribution in [0.15, 0.2) is 48.5 Å². The van der Waals surface area contributed by atoms with Crippen molar-refractivity contribution in [3.05, 3.63) is 71.0 Å². The highest BCUT2D eigenvalue weighted by molar-refractivity contribution is 5.20. The van der Waals surface area contributed by atoms with Crippen LogP contribution in [0.4, 0.5) is 4.39 Å². The molecule has 1 aliphatic heterocycles. The molecule has 1 N–H and O–H groups in total. The highest BCUT2D eigenvalue weighted by Gasteiger charge is 2.26. The van der Waals surface area contributed by atoms with E-state index in [9.17, 15) is 4.39 Å². The fourth-order valence-electron chi connectivity index (χ4n) is 2.84. The number of halogens is 1. The van der Waals surface area contributed by atoms with Crippen LogP contribution in [0.5, 0.6) is 0 Å². The van der Waals surface area contributed by atoms with Crippen LogP contribution in [0, 0.1) is 12.7 Å². The minimum atomic E-state index is -0.286. The molecule has 2 unspecified atom stereocenters. The van der Waals surface area contributed by atoms with Gasteiger partial charge in [0, 0.05) is 12.6 Å². The molecule has 0 bridgehead atoms. The van der Waals surface area contributed by atoms with Crippen LogP contribution in [0.3, 0.4) is 0 Å². The molecule has 4 nitrogen and oxygen atoms in total. The van der Waals surface area contributed by atoms with Gasteiger partial charge in [-0.25, -0.2) is 4.39 Å². The van der Waals surface area contributed by atoms with Gasteiger partial charge in [0.1, 0.15) is 11.9 Å². The van der Waals surface area contributed by atoms with Crippen LogP contribution in [-0.4, -0.2) is 32.2 Å². The third-order valence-corrected chi connectivity index (χ3v) is 4.47. The zero-order chi connectivity index (χ0) is 18.4. The molecular weight excluding hydrogens is 333 g/mol. The average Bonchev–Trinajstić information content (AvgIpc) is 3.10. The number of hydrogen-bond acceptors (Lipinski definition) is 4. The highest BCUT2D eigenvalue weighted by Crippen LogP contribution is 2.16. The molecule has 140 valence electrons. The maximum atomic E-state index is 13.0. The average molecular weight is 359 g/mol. The molecule has 1 fully saturated rings. The van der Waals surface area contributed by atoms with Crippen LogP contribution in [0.25, 0.3) is 0 Å². The maximum Gasteiger partial charge on any atom is 0.170 e. The molecule has 2 aromatic carbocycles. The Kier molecular flexibility index (Phi) is 6.74. The van der Waals surface area contributed by atoms with Crippen molar-refractivity contribution in [2.45, 2.75) is 38.9 Å². The molecule has 3 rings (SSSR count). The van der Waals surface area contributed by atoms with E-state index in [-0.39, 0.29) is 24.3 Å². The van der Waals surface area contributed by atoms with E-state index in [0.29, 0.717) is 26.4 Å². The maximum absolute atomic E-state index is 13.0. The van der Waals surface area contributed by atoms with Crippen LogP contribution < -0.4 is 5.32 Å². The first kappa shape index (κ1) is 19.0. The molecule has 26 heavy (non-hydrogen) atoms. The van der Waals surface area contributed by atoms with Crippen molar-refractivity contribution in [1.29, 1.82) is 0 Å². The number of benzene rings is 2. The summed E-state index contributed by atoms with van der Waals surface area (Å²) in [7, 11) is 0. The van der Waals surface area contributed by atoms with Gasteiger partial charge in [0.2, 0.25) is 0 Å². The van der Waals surface area contributed by atoms with Crippen LogP contribution >= 0.6 is 0 Å². The largest absolute Gasteiger partial charge is 0.374 e. The molecule has 0 amide bonds. The summed E-state index contributed by atoms with van der Waals surface area (Å²) in [6.07, 6.45) is -0.334. The van der Waals surface area contributed by atoms with E-state index in [1.54, 1.807) is 12.1 Å². The summed E-state index contributed by atoms with van der Waals surface area (Å²) in [4.78, 5) is 0.